The van der Waals surface area contributed by atoms with Gasteiger partial charge in [0, 0.05) is 19.0 Å². The normalized spacial score (nSPS) is 11.0. The van der Waals surface area contributed by atoms with Crippen LogP contribution in [-0.4, -0.2) is 29.9 Å². The van der Waals surface area contributed by atoms with Gasteiger partial charge < -0.3 is 10.2 Å². The van der Waals surface area contributed by atoms with Crippen LogP contribution in [0.1, 0.15) is 21.1 Å². The molecule has 0 unspecified atom stereocenters. The highest BCUT2D eigenvalue weighted by Crippen LogP contribution is 2.16. The highest BCUT2D eigenvalue weighted by molar-refractivity contribution is 14.0. The summed E-state index contributed by atoms with van der Waals surface area (Å²) in [7, 11) is 3.99. The first kappa shape index (κ1) is 18.9. The molecule has 6 heteroatoms. The van der Waals surface area contributed by atoms with E-state index in [1.165, 1.54) is 10.4 Å². The highest BCUT2D eigenvalue weighted by atomic mass is 127. The van der Waals surface area contributed by atoms with Crippen LogP contribution in [0.4, 0.5) is 0 Å². The van der Waals surface area contributed by atoms with Crippen LogP contribution < -0.4 is 5.32 Å². The molecular formula is C16H23IN4S. The Balaban J connectivity index is 0.00000242. The summed E-state index contributed by atoms with van der Waals surface area (Å²) in [5.41, 5.74) is 2.31. The third kappa shape index (κ3) is 5.57. The van der Waals surface area contributed by atoms with Gasteiger partial charge >= 0.3 is 0 Å². The van der Waals surface area contributed by atoms with E-state index in [1.54, 1.807) is 11.3 Å². The Bertz CT molecular complexity index is 608. The van der Waals surface area contributed by atoms with E-state index in [0.29, 0.717) is 13.1 Å². The number of halogens is 1. The van der Waals surface area contributed by atoms with Crippen molar-refractivity contribution in [1.82, 2.24) is 15.2 Å². The van der Waals surface area contributed by atoms with Crippen LogP contribution in [0.3, 0.4) is 0 Å². The predicted molar refractivity (Wildman–Crippen MR) is 105 cm³/mol. The largest absolute Gasteiger partial charge is 0.351 e. The smallest absolute Gasteiger partial charge is 0.194 e. The SMILES string of the molecule is Cc1nc(CNC(=NCc2ccccc2)N(C)C)c(C)s1.I. The van der Waals surface area contributed by atoms with Crippen molar-refractivity contribution in [3.8, 4) is 0 Å². The van der Waals surface area contributed by atoms with Crippen LogP contribution in [0.25, 0.3) is 0 Å². The number of benzene rings is 1. The Labute approximate surface area is 153 Å². The third-order valence-electron chi connectivity index (χ3n) is 3.09. The molecule has 0 fully saturated rings. The molecule has 0 saturated carbocycles. The molecule has 0 radical (unpaired) electrons. The van der Waals surface area contributed by atoms with Crippen molar-refractivity contribution in [2.24, 2.45) is 4.99 Å². The van der Waals surface area contributed by atoms with Gasteiger partial charge in [0.2, 0.25) is 0 Å². The van der Waals surface area contributed by atoms with Crippen molar-refractivity contribution in [1.29, 1.82) is 0 Å². The summed E-state index contributed by atoms with van der Waals surface area (Å²) < 4.78 is 0. The van der Waals surface area contributed by atoms with Crippen molar-refractivity contribution in [2.45, 2.75) is 26.9 Å². The maximum atomic E-state index is 4.65. The Hall–Kier alpha value is -1.15. The van der Waals surface area contributed by atoms with Crippen molar-refractivity contribution < 1.29 is 0 Å². The summed E-state index contributed by atoms with van der Waals surface area (Å²) in [6.45, 7) is 5.54. The highest BCUT2D eigenvalue weighted by Gasteiger charge is 2.07. The van der Waals surface area contributed by atoms with E-state index < -0.39 is 0 Å². The van der Waals surface area contributed by atoms with Crippen LogP contribution in [0, 0.1) is 13.8 Å². The first-order chi connectivity index (χ1) is 10.1. The Kier molecular flexibility index (Phi) is 7.81. The second-order valence-electron chi connectivity index (χ2n) is 5.11. The van der Waals surface area contributed by atoms with Gasteiger partial charge in [0.15, 0.2) is 5.96 Å². The first-order valence-corrected chi connectivity index (χ1v) is 7.80. The second-order valence-corrected chi connectivity index (χ2v) is 6.52. The zero-order valence-corrected chi connectivity index (χ0v) is 16.6. The van der Waals surface area contributed by atoms with Gasteiger partial charge in [-0.1, -0.05) is 30.3 Å². The molecule has 1 aromatic heterocycles. The monoisotopic (exact) mass is 430 g/mol. The molecule has 4 nitrogen and oxygen atoms in total. The van der Waals surface area contributed by atoms with E-state index in [1.807, 2.05) is 44.1 Å². The minimum absolute atomic E-state index is 0. The minimum atomic E-state index is 0. The molecule has 0 aliphatic rings. The van der Waals surface area contributed by atoms with Crippen molar-refractivity contribution in [2.75, 3.05) is 14.1 Å². The summed E-state index contributed by atoms with van der Waals surface area (Å²) in [4.78, 5) is 12.5. The molecule has 0 atom stereocenters. The lowest BCUT2D eigenvalue weighted by atomic mass is 10.2. The number of hydrogen-bond donors (Lipinski definition) is 1. The van der Waals surface area contributed by atoms with Crippen molar-refractivity contribution >= 4 is 41.3 Å². The molecule has 1 heterocycles. The van der Waals surface area contributed by atoms with Gasteiger partial charge in [-0.2, -0.15) is 0 Å². The van der Waals surface area contributed by atoms with Crippen LogP contribution in [0.2, 0.25) is 0 Å². The number of aromatic nitrogens is 1. The summed E-state index contributed by atoms with van der Waals surface area (Å²) in [6.07, 6.45) is 0. The van der Waals surface area contributed by atoms with E-state index in [9.17, 15) is 0 Å². The number of nitrogens with one attached hydrogen (secondary N) is 1. The van der Waals surface area contributed by atoms with E-state index in [2.05, 4.69) is 34.3 Å². The Morgan fingerprint density at radius 3 is 2.45 bits per heavy atom. The Morgan fingerprint density at radius 2 is 1.91 bits per heavy atom. The van der Waals surface area contributed by atoms with E-state index >= 15 is 0 Å². The number of aryl methyl sites for hydroxylation is 2. The minimum Gasteiger partial charge on any atom is -0.351 e. The molecule has 120 valence electrons. The van der Waals surface area contributed by atoms with Gasteiger partial charge in [0.1, 0.15) is 0 Å². The number of guanidine groups is 1. The molecule has 0 spiro atoms. The second kappa shape index (κ2) is 9.09. The molecule has 0 aliphatic carbocycles. The summed E-state index contributed by atoms with van der Waals surface area (Å²) >= 11 is 1.73. The Morgan fingerprint density at radius 1 is 1.23 bits per heavy atom. The predicted octanol–water partition coefficient (Wildman–Crippen LogP) is 3.59. The zero-order valence-electron chi connectivity index (χ0n) is 13.5. The maximum absolute atomic E-state index is 4.65. The molecule has 1 N–H and O–H groups in total. The van der Waals surface area contributed by atoms with Gasteiger partial charge in [-0.05, 0) is 19.4 Å². The molecule has 0 bridgehead atoms. The molecule has 2 rings (SSSR count). The summed E-state index contributed by atoms with van der Waals surface area (Å²) in [6, 6.07) is 10.3. The van der Waals surface area contributed by atoms with Crippen LogP contribution in [0.15, 0.2) is 35.3 Å². The molecule has 0 aliphatic heterocycles. The molecule has 2 aromatic rings. The molecular weight excluding hydrogens is 407 g/mol. The number of rotatable bonds is 4. The fraction of sp³-hybridized carbons (Fsp3) is 0.375. The summed E-state index contributed by atoms with van der Waals surface area (Å²) in [5.74, 6) is 0.879. The molecule has 1 aromatic carbocycles. The number of nitrogens with zero attached hydrogens (tertiary/aromatic N) is 3. The van der Waals surface area contributed by atoms with Crippen molar-refractivity contribution in [3.05, 3.63) is 51.5 Å². The van der Waals surface area contributed by atoms with Gasteiger partial charge in [0.05, 0.1) is 23.8 Å². The zero-order chi connectivity index (χ0) is 15.2. The van der Waals surface area contributed by atoms with Crippen LogP contribution >= 0.6 is 35.3 Å². The van der Waals surface area contributed by atoms with E-state index in [-0.39, 0.29) is 24.0 Å². The quantitative estimate of drug-likeness (QED) is 0.458. The van der Waals surface area contributed by atoms with E-state index in [4.69, 9.17) is 0 Å². The third-order valence-corrected chi connectivity index (χ3v) is 4.02. The van der Waals surface area contributed by atoms with Crippen molar-refractivity contribution in [3.63, 3.8) is 0 Å². The van der Waals surface area contributed by atoms with Crippen LogP contribution in [0.5, 0.6) is 0 Å². The van der Waals surface area contributed by atoms with E-state index in [0.717, 1.165) is 16.7 Å². The summed E-state index contributed by atoms with van der Waals surface area (Å²) in [5, 5.41) is 4.49. The molecule has 0 amide bonds. The molecule has 22 heavy (non-hydrogen) atoms. The van der Waals surface area contributed by atoms with Gasteiger partial charge in [-0.15, -0.1) is 35.3 Å². The van der Waals surface area contributed by atoms with Gasteiger partial charge in [-0.25, -0.2) is 9.98 Å². The number of thiazole rings is 1. The maximum Gasteiger partial charge on any atom is 0.194 e. The lowest BCUT2D eigenvalue weighted by Gasteiger charge is -2.17. The number of aliphatic imine (C=N–C) groups is 1. The van der Waals surface area contributed by atoms with Crippen LogP contribution in [-0.2, 0) is 13.1 Å². The number of hydrogen-bond acceptors (Lipinski definition) is 3. The molecule has 0 saturated heterocycles. The average Bonchev–Trinajstić information content (AvgIpc) is 2.77. The topological polar surface area (TPSA) is 40.5 Å². The lowest BCUT2D eigenvalue weighted by Crippen LogP contribution is -2.36. The van der Waals surface area contributed by atoms with Gasteiger partial charge in [-0.3, -0.25) is 0 Å². The average molecular weight is 430 g/mol. The van der Waals surface area contributed by atoms with Gasteiger partial charge in [0.25, 0.3) is 0 Å². The fourth-order valence-electron chi connectivity index (χ4n) is 2.00. The lowest BCUT2D eigenvalue weighted by molar-refractivity contribution is 0.577. The standard InChI is InChI=1S/C16H22N4S.HI/c1-12-15(19-13(2)21-12)11-18-16(20(3)4)17-10-14-8-6-5-7-9-14;/h5-9H,10-11H2,1-4H3,(H,17,18);1H. The first-order valence-electron chi connectivity index (χ1n) is 6.98. The fourth-order valence-corrected chi connectivity index (χ4v) is 2.84.